The Balaban J connectivity index is 1.71. The third kappa shape index (κ3) is 3.10. The summed E-state index contributed by atoms with van der Waals surface area (Å²) in [5.41, 5.74) is 1.94. The maximum absolute atomic E-state index is 12.3. The lowest BCUT2D eigenvalue weighted by Gasteiger charge is -2.14. The molecule has 0 aliphatic rings. The monoisotopic (exact) mass is 325 g/mol. The Morgan fingerprint density at radius 1 is 1.21 bits per heavy atom. The van der Waals surface area contributed by atoms with Gasteiger partial charge in [0.1, 0.15) is 11.3 Å². The Morgan fingerprint density at radius 3 is 2.83 bits per heavy atom. The first-order valence-electron chi connectivity index (χ1n) is 7.32. The molecule has 0 saturated carbocycles. The van der Waals surface area contributed by atoms with Gasteiger partial charge in [-0.25, -0.2) is 14.8 Å². The van der Waals surface area contributed by atoms with E-state index in [2.05, 4.69) is 15.3 Å². The van der Waals surface area contributed by atoms with Crippen molar-refractivity contribution in [3.05, 3.63) is 54.0 Å². The lowest BCUT2D eigenvalue weighted by atomic mass is 10.2. The zero-order valence-electron chi connectivity index (χ0n) is 13.1. The number of hydrogen-bond donors (Lipinski definition) is 1. The van der Waals surface area contributed by atoms with Gasteiger partial charge in [0.15, 0.2) is 18.1 Å². The third-order valence-corrected chi connectivity index (χ3v) is 3.48. The molecule has 0 saturated heterocycles. The molecule has 1 N–H and O–H groups in total. The van der Waals surface area contributed by atoms with Gasteiger partial charge >= 0.3 is 5.97 Å². The molecule has 7 heteroatoms. The highest BCUT2D eigenvalue weighted by molar-refractivity contribution is 6.03. The van der Waals surface area contributed by atoms with Crippen molar-refractivity contribution >= 4 is 28.8 Å². The number of amides is 1. The highest BCUT2D eigenvalue weighted by Gasteiger charge is 2.22. The van der Waals surface area contributed by atoms with Gasteiger partial charge in [0, 0.05) is 6.20 Å². The number of nitrogens with one attached hydrogen (secondary N) is 1. The molecule has 1 atom stereocenters. The summed E-state index contributed by atoms with van der Waals surface area (Å²) < 4.78 is 10.4. The fraction of sp³-hybridized carbons (Fsp3) is 0.176. The number of hydrogen-bond acceptors (Lipinski definition) is 6. The standard InChI is InChI=1S/C17H15N3O4/c1-10-5-4-8-18-15(10)20-16(21)11(2)24-17(22)12-6-3-7-13-14(12)19-9-23-13/h3-9,11H,1-2H3,(H,18,20,21). The number of rotatable bonds is 4. The summed E-state index contributed by atoms with van der Waals surface area (Å²) in [5, 5.41) is 2.64. The highest BCUT2D eigenvalue weighted by atomic mass is 16.5. The van der Waals surface area contributed by atoms with Crippen LogP contribution in [0.2, 0.25) is 0 Å². The van der Waals surface area contributed by atoms with Gasteiger partial charge < -0.3 is 14.5 Å². The maximum atomic E-state index is 12.3. The van der Waals surface area contributed by atoms with Crippen LogP contribution in [-0.2, 0) is 9.53 Å². The van der Waals surface area contributed by atoms with E-state index in [-0.39, 0.29) is 5.56 Å². The molecule has 0 bridgehead atoms. The maximum Gasteiger partial charge on any atom is 0.341 e. The fourth-order valence-electron chi connectivity index (χ4n) is 2.16. The number of nitrogens with zero attached hydrogens (tertiary/aromatic N) is 2. The molecule has 0 radical (unpaired) electrons. The van der Waals surface area contributed by atoms with E-state index in [4.69, 9.17) is 9.15 Å². The summed E-state index contributed by atoms with van der Waals surface area (Å²) in [7, 11) is 0. The second-order valence-electron chi connectivity index (χ2n) is 5.21. The van der Waals surface area contributed by atoms with Crippen LogP contribution in [-0.4, -0.2) is 27.9 Å². The zero-order chi connectivity index (χ0) is 17.1. The minimum atomic E-state index is -0.985. The molecule has 24 heavy (non-hydrogen) atoms. The molecule has 3 aromatic rings. The van der Waals surface area contributed by atoms with Gasteiger partial charge in [-0.15, -0.1) is 0 Å². The van der Waals surface area contributed by atoms with Crippen LogP contribution < -0.4 is 5.32 Å². The number of aryl methyl sites for hydroxylation is 1. The van der Waals surface area contributed by atoms with Crippen LogP contribution in [0.4, 0.5) is 5.82 Å². The van der Waals surface area contributed by atoms with Crippen LogP contribution in [0.5, 0.6) is 0 Å². The molecule has 122 valence electrons. The number of para-hydroxylation sites is 1. The van der Waals surface area contributed by atoms with Gasteiger partial charge in [0.2, 0.25) is 0 Å². The Bertz CT molecular complexity index is 903. The molecule has 2 heterocycles. The van der Waals surface area contributed by atoms with Crippen molar-refractivity contribution in [2.75, 3.05) is 5.32 Å². The van der Waals surface area contributed by atoms with Crippen LogP contribution in [0.25, 0.3) is 11.1 Å². The van der Waals surface area contributed by atoms with Crippen molar-refractivity contribution in [1.29, 1.82) is 0 Å². The van der Waals surface area contributed by atoms with Crippen molar-refractivity contribution in [3.8, 4) is 0 Å². The Morgan fingerprint density at radius 2 is 2.04 bits per heavy atom. The molecular weight excluding hydrogens is 310 g/mol. The van der Waals surface area contributed by atoms with Crippen LogP contribution >= 0.6 is 0 Å². The number of pyridine rings is 1. The van der Waals surface area contributed by atoms with Crippen molar-refractivity contribution in [2.24, 2.45) is 0 Å². The second kappa shape index (κ2) is 6.49. The van der Waals surface area contributed by atoms with Crippen molar-refractivity contribution in [2.45, 2.75) is 20.0 Å². The Hall–Kier alpha value is -3.22. The minimum absolute atomic E-state index is 0.245. The van der Waals surface area contributed by atoms with E-state index >= 15 is 0 Å². The van der Waals surface area contributed by atoms with Gasteiger partial charge in [-0.05, 0) is 37.6 Å². The summed E-state index contributed by atoms with van der Waals surface area (Å²) in [6.07, 6.45) is 1.84. The SMILES string of the molecule is Cc1cccnc1NC(=O)C(C)OC(=O)c1cccc2ocnc12. The minimum Gasteiger partial charge on any atom is -0.449 e. The zero-order valence-corrected chi connectivity index (χ0v) is 13.1. The first-order valence-corrected chi connectivity index (χ1v) is 7.32. The van der Waals surface area contributed by atoms with Crippen LogP contribution in [0.1, 0.15) is 22.8 Å². The predicted molar refractivity (Wildman–Crippen MR) is 86.5 cm³/mol. The largest absolute Gasteiger partial charge is 0.449 e. The van der Waals surface area contributed by atoms with E-state index in [0.29, 0.717) is 16.9 Å². The van der Waals surface area contributed by atoms with E-state index in [1.54, 1.807) is 30.5 Å². The molecule has 2 aromatic heterocycles. The molecule has 1 amide bonds. The van der Waals surface area contributed by atoms with Gasteiger partial charge in [-0.2, -0.15) is 0 Å². The topological polar surface area (TPSA) is 94.3 Å². The summed E-state index contributed by atoms with van der Waals surface area (Å²) in [4.78, 5) is 32.5. The lowest BCUT2D eigenvalue weighted by Crippen LogP contribution is -2.30. The number of esters is 1. The number of anilines is 1. The van der Waals surface area contributed by atoms with Crippen molar-refractivity contribution in [1.82, 2.24) is 9.97 Å². The first-order chi connectivity index (χ1) is 11.6. The molecule has 7 nitrogen and oxygen atoms in total. The van der Waals surface area contributed by atoms with Gasteiger partial charge in [0.25, 0.3) is 5.91 Å². The average molecular weight is 325 g/mol. The van der Waals surface area contributed by atoms with Crippen molar-refractivity contribution < 1.29 is 18.7 Å². The second-order valence-corrected chi connectivity index (χ2v) is 5.21. The number of carbonyl (C=O) groups is 2. The number of oxazole rings is 1. The van der Waals surface area contributed by atoms with Crippen molar-refractivity contribution in [3.63, 3.8) is 0 Å². The van der Waals surface area contributed by atoms with E-state index in [0.717, 1.165) is 5.56 Å². The molecule has 0 aliphatic heterocycles. The van der Waals surface area contributed by atoms with E-state index in [9.17, 15) is 9.59 Å². The number of ether oxygens (including phenoxy) is 1. The van der Waals surface area contributed by atoms with E-state index in [1.807, 2.05) is 13.0 Å². The van der Waals surface area contributed by atoms with Crippen LogP contribution in [0, 0.1) is 6.92 Å². The normalized spacial score (nSPS) is 11.9. The Labute approximate surface area is 137 Å². The average Bonchev–Trinajstić information content (AvgIpc) is 3.05. The van der Waals surface area contributed by atoms with Crippen LogP contribution in [0.3, 0.4) is 0 Å². The molecule has 0 aliphatic carbocycles. The summed E-state index contributed by atoms with van der Waals surface area (Å²) in [6, 6.07) is 8.52. The van der Waals surface area contributed by atoms with E-state index < -0.39 is 18.0 Å². The third-order valence-electron chi connectivity index (χ3n) is 3.48. The number of aromatic nitrogens is 2. The van der Waals surface area contributed by atoms with Gasteiger partial charge in [0.05, 0.1) is 5.56 Å². The smallest absolute Gasteiger partial charge is 0.341 e. The number of fused-ring (bicyclic) bond motifs is 1. The highest BCUT2D eigenvalue weighted by Crippen LogP contribution is 2.18. The molecule has 1 aromatic carbocycles. The number of carbonyl (C=O) groups excluding carboxylic acids is 2. The first kappa shape index (κ1) is 15.7. The van der Waals surface area contributed by atoms with E-state index in [1.165, 1.54) is 13.3 Å². The molecule has 0 fully saturated rings. The number of benzene rings is 1. The van der Waals surface area contributed by atoms with Crippen LogP contribution in [0.15, 0.2) is 47.3 Å². The lowest BCUT2D eigenvalue weighted by molar-refractivity contribution is -0.123. The molecule has 0 spiro atoms. The van der Waals surface area contributed by atoms with Gasteiger partial charge in [-0.1, -0.05) is 12.1 Å². The predicted octanol–water partition coefficient (Wildman–Crippen LogP) is 2.72. The fourth-order valence-corrected chi connectivity index (χ4v) is 2.16. The summed E-state index contributed by atoms with van der Waals surface area (Å²) in [6.45, 7) is 3.32. The quantitative estimate of drug-likeness (QED) is 0.741. The Kier molecular flexibility index (Phi) is 4.24. The molecule has 1 unspecified atom stereocenters. The molecule has 3 rings (SSSR count). The summed E-state index contributed by atoms with van der Waals surface area (Å²) in [5.74, 6) is -0.670. The molecular formula is C17H15N3O4. The van der Waals surface area contributed by atoms with Gasteiger partial charge in [-0.3, -0.25) is 4.79 Å². The summed E-state index contributed by atoms with van der Waals surface area (Å²) >= 11 is 0.